The molecule has 0 bridgehead atoms. The molecule has 0 radical (unpaired) electrons. The van der Waals surface area contributed by atoms with Crippen LogP contribution in [0.2, 0.25) is 0 Å². The summed E-state index contributed by atoms with van der Waals surface area (Å²) in [6.07, 6.45) is 1.97. The SMILES string of the molecule is CCCCNC(=O)C(C)N(Cc1ccc(C)cc1)C(=O)CSCc1ccc(C)cc1. The first-order chi connectivity index (χ1) is 14.4. The maximum atomic E-state index is 13.1. The molecule has 1 atom stereocenters. The Morgan fingerprint density at radius 2 is 1.53 bits per heavy atom. The van der Waals surface area contributed by atoms with Crippen LogP contribution in [-0.2, 0) is 21.9 Å². The van der Waals surface area contributed by atoms with Crippen LogP contribution in [0.1, 0.15) is 48.9 Å². The standard InChI is InChI=1S/C25H34N2O2S/c1-5-6-15-26-25(29)21(4)27(16-22-11-7-19(2)8-12-22)24(28)18-30-17-23-13-9-20(3)10-14-23/h7-14,21H,5-6,15-18H2,1-4H3,(H,26,29). The molecule has 2 aromatic carbocycles. The molecule has 2 amide bonds. The van der Waals surface area contributed by atoms with Gasteiger partial charge in [0.15, 0.2) is 0 Å². The van der Waals surface area contributed by atoms with Crippen molar-refractivity contribution in [1.29, 1.82) is 0 Å². The molecule has 0 heterocycles. The molecule has 0 aliphatic heterocycles. The summed E-state index contributed by atoms with van der Waals surface area (Å²) in [5.41, 5.74) is 4.64. The van der Waals surface area contributed by atoms with Gasteiger partial charge in [0.25, 0.3) is 0 Å². The summed E-state index contributed by atoms with van der Waals surface area (Å²) >= 11 is 1.59. The molecule has 162 valence electrons. The average Bonchev–Trinajstić information content (AvgIpc) is 2.74. The Morgan fingerprint density at radius 1 is 0.967 bits per heavy atom. The maximum Gasteiger partial charge on any atom is 0.242 e. The van der Waals surface area contributed by atoms with Crippen molar-refractivity contribution in [3.63, 3.8) is 0 Å². The molecule has 0 aromatic heterocycles. The summed E-state index contributed by atoms with van der Waals surface area (Å²) in [7, 11) is 0. The summed E-state index contributed by atoms with van der Waals surface area (Å²) in [6, 6.07) is 16.0. The summed E-state index contributed by atoms with van der Waals surface area (Å²) in [5, 5.41) is 2.96. The van der Waals surface area contributed by atoms with E-state index in [-0.39, 0.29) is 11.8 Å². The molecule has 1 N–H and O–H groups in total. The van der Waals surface area contributed by atoms with Crippen molar-refractivity contribution in [1.82, 2.24) is 10.2 Å². The van der Waals surface area contributed by atoms with E-state index in [1.807, 2.05) is 38.1 Å². The lowest BCUT2D eigenvalue weighted by Gasteiger charge is -2.29. The topological polar surface area (TPSA) is 49.4 Å². The minimum absolute atomic E-state index is 0.00849. The number of benzene rings is 2. The third kappa shape index (κ3) is 7.86. The Hall–Kier alpha value is -2.27. The second-order valence-electron chi connectivity index (χ2n) is 7.81. The van der Waals surface area contributed by atoms with Crippen LogP contribution in [0.4, 0.5) is 0 Å². The molecule has 0 aliphatic carbocycles. The Labute approximate surface area is 185 Å². The van der Waals surface area contributed by atoms with Crippen molar-refractivity contribution in [3.05, 3.63) is 70.8 Å². The van der Waals surface area contributed by atoms with Gasteiger partial charge in [-0.05, 0) is 38.3 Å². The lowest BCUT2D eigenvalue weighted by Crippen LogP contribution is -2.48. The Morgan fingerprint density at radius 3 is 2.10 bits per heavy atom. The van der Waals surface area contributed by atoms with Gasteiger partial charge in [-0.15, -0.1) is 11.8 Å². The van der Waals surface area contributed by atoms with Crippen molar-refractivity contribution < 1.29 is 9.59 Å². The number of unbranched alkanes of at least 4 members (excludes halogenated alkanes) is 1. The zero-order valence-corrected chi connectivity index (χ0v) is 19.4. The molecule has 30 heavy (non-hydrogen) atoms. The summed E-state index contributed by atoms with van der Waals surface area (Å²) in [5.74, 6) is 1.03. The molecule has 0 fully saturated rings. The Balaban J connectivity index is 2.02. The molecule has 0 spiro atoms. The van der Waals surface area contributed by atoms with Gasteiger partial charge in [-0.25, -0.2) is 0 Å². The van der Waals surface area contributed by atoms with Gasteiger partial charge in [-0.3, -0.25) is 9.59 Å². The van der Waals surface area contributed by atoms with Crippen molar-refractivity contribution in [3.8, 4) is 0 Å². The van der Waals surface area contributed by atoms with E-state index in [1.54, 1.807) is 16.7 Å². The molecule has 2 rings (SSSR count). The van der Waals surface area contributed by atoms with Gasteiger partial charge >= 0.3 is 0 Å². The highest BCUT2D eigenvalue weighted by Gasteiger charge is 2.25. The second-order valence-corrected chi connectivity index (χ2v) is 8.79. The number of hydrogen-bond donors (Lipinski definition) is 1. The van der Waals surface area contributed by atoms with Crippen LogP contribution < -0.4 is 5.32 Å². The lowest BCUT2D eigenvalue weighted by molar-refractivity contribution is -0.138. The molecular formula is C25H34N2O2S. The molecule has 0 aliphatic rings. The number of nitrogens with zero attached hydrogens (tertiary/aromatic N) is 1. The highest BCUT2D eigenvalue weighted by Crippen LogP contribution is 2.17. The van der Waals surface area contributed by atoms with Crippen LogP contribution in [0.15, 0.2) is 48.5 Å². The fraction of sp³-hybridized carbons (Fsp3) is 0.440. The van der Waals surface area contributed by atoms with Gasteiger partial charge < -0.3 is 10.2 Å². The van der Waals surface area contributed by atoms with Gasteiger partial charge in [-0.1, -0.05) is 73.0 Å². The zero-order valence-electron chi connectivity index (χ0n) is 18.6. The largest absolute Gasteiger partial charge is 0.354 e. The van der Waals surface area contributed by atoms with E-state index in [0.717, 1.165) is 24.2 Å². The number of carbonyl (C=O) groups excluding carboxylic acids is 2. The third-order valence-corrected chi connectivity index (χ3v) is 6.07. The van der Waals surface area contributed by atoms with Crippen LogP contribution in [0.25, 0.3) is 0 Å². The monoisotopic (exact) mass is 426 g/mol. The van der Waals surface area contributed by atoms with E-state index < -0.39 is 6.04 Å². The second kappa shape index (κ2) is 12.4. The van der Waals surface area contributed by atoms with E-state index in [2.05, 4.69) is 43.4 Å². The number of rotatable bonds is 11. The zero-order chi connectivity index (χ0) is 21.9. The van der Waals surface area contributed by atoms with E-state index >= 15 is 0 Å². The average molecular weight is 427 g/mol. The summed E-state index contributed by atoms with van der Waals surface area (Å²) in [4.78, 5) is 27.4. The smallest absolute Gasteiger partial charge is 0.242 e. The van der Waals surface area contributed by atoms with E-state index in [1.165, 1.54) is 16.7 Å². The molecule has 4 nitrogen and oxygen atoms in total. The highest BCUT2D eigenvalue weighted by molar-refractivity contribution is 7.99. The minimum atomic E-state index is -0.504. The number of carbonyl (C=O) groups is 2. The fourth-order valence-electron chi connectivity index (χ4n) is 3.03. The number of hydrogen-bond acceptors (Lipinski definition) is 3. The molecule has 0 saturated heterocycles. The van der Waals surface area contributed by atoms with Crippen molar-refractivity contribution in [2.75, 3.05) is 12.3 Å². The first-order valence-electron chi connectivity index (χ1n) is 10.7. The maximum absolute atomic E-state index is 13.1. The van der Waals surface area contributed by atoms with Crippen molar-refractivity contribution >= 4 is 23.6 Å². The van der Waals surface area contributed by atoms with Gasteiger partial charge in [0.1, 0.15) is 6.04 Å². The quantitative estimate of drug-likeness (QED) is 0.522. The fourth-order valence-corrected chi connectivity index (χ4v) is 3.90. The van der Waals surface area contributed by atoms with Crippen molar-refractivity contribution in [2.24, 2.45) is 0 Å². The van der Waals surface area contributed by atoms with E-state index in [0.29, 0.717) is 18.8 Å². The third-order valence-electron chi connectivity index (χ3n) is 5.09. The molecule has 1 unspecified atom stereocenters. The van der Waals surface area contributed by atoms with Crippen LogP contribution in [0.5, 0.6) is 0 Å². The molecular weight excluding hydrogens is 392 g/mol. The van der Waals surface area contributed by atoms with Crippen LogP contribution in [0.3, 0.4) is 0 Å². The van der Waals surface area contributed by atoms with Crippen molar-refractivity contribution in [2.45, 2.75) is 58.9 Å². The van der Waals surface area contributed by atoms with Crippen LogP contribution in [0, 0.1) is 13.8 Å². The Bertz CT molecular complexity index is 803. The Kier molecular flexibility index (Phi) is 9.95. The van der Waals surface area contributed by atoms with Gasteiger partial charge in [-0.2, -0.15) is 0 Å². The van der Waals surface area contributed by atoms with Gasteiger partial charge in [0.2, 0.25) is 11.8 Å². The minimum Gasteiger partial charge on any atom is -0.354 e. The first kappa shape index (κ1) is 24.0. The van der Waals surface area contributed by atoms with Crippen LogP contribution >= 0.6 is 11.8 Å². The normalized spacial score (nSPS) is 11.7. The predicted molar refractivity (Wildman–Crippen MR) is 126 cm³/mol. The van der Waals surface area contributed by atoms with Gasteiger partial charge in [0.05, 0.1) is 5.75 Å². The summed E-state index contributed by atoms with van der Waals surface area (Å²) in [6.45, 7) is 9.10. The van der Waals surface area contributed by atoms with Gasteiger partial charge in [0, 0.05) is 18.8 Å². The summed E-state index contributed by atoms with van der Waals surface area (Å²) < 4.78 is 0. The number of amides is 2. The molecule has 2 aromatic rings. The predicted octanol–water partition coefficient (Wildman–Crippen LogP) is 4.87. The van der Waals surface area contributed by atoms with Crippen LogP contribution in [-0.4, -0.2) is 35.1 Å². The number of nitrogens with one attached hydrogen (secondary N) is 1. The van der Waals surface area contributed by atoms with E-state index in [4.69, 9.17) is 0 Å². The highest BCUT2D eigenvalue weighted by atomic mass is 32.2. The molecule has 0 saturated carbocycles. The molecule has 5 heteroatoms. The number of aryl methyl sites for hydroxylation is 2. The first-order valence-corrected chi connectivity index (χ1v) is 11.8. The number of thioether (sulfide) groups is 1. The van der Waals surface area contributed by atoms with E-state index in [9.17, 15) is 9.59 Å². The lowest BCUT2D eigenvalue weighted by atomic mass is 10.1.